The molecular weight excluding hydrogens is 594 g/mol. The van der Waals surface area contributed by atoms with Crippen LogP contribution in [-0.4, -0.2) is 77.3 Å². The van der Waals surface area contributed by atoms with Crippen LogP contribution in [0.25, 0.3) is 10.8 Å². The summed E-state index contributed by atoms with van der Waals surface area (Å²) in [4.78, 5) is 42.5. The molecule has 11 heteroatoms. The molecule has 0 radical (unpaired) electrons. The molecule has 1 fully saturated rings. The van der Waals surface area contributed by atoms with Crippen molar-refractivity contribution >= 4 is 50.6 Å². The normalized spacial score (nSPS) is 13.8. The number of hydrogen-bond acceptors (Lipinski definition) is 8. The van der Waals surface area contributed by atoms with Crippen molar-refractivity contribution in [3.8, 4) is 5.75 Å². The molecule has 2 amide bonds. The van der Waals surface area contributed by atoms with E-state index in [1.807, 2.05) is 66.7 Å². The molecule has 0 unspecified atom stereocenters. The number of fused-ring (bicyclic) bond motifs is 1. The van der Waals surface area contributed by atoms with Crippen molar-refractivity contribution in [3.05, 3.63) is 102 Å². The minimum absolute atomic E-state index is 0.0228. The predicted molar refractivity (Wildman–Crippen MR) is 177 cm³/mol. The van der Waals surface area contributed by atoms with Gasteiger partial charge in [0, 0.05) is 67.8 Å². The van der Waals surface area contributed by atoms with E-state index in [1.165, 1.54) is 6.26 Å². The van der Waals surface area contributed by atoms with Crippen molar-refractivity contribution in [3.63, 3.8) is 0 Å². The van der Waals surface area contributed by atoms with Gasteiger partial charge in [-0.25, -0.2) is 0 Å². The number of carbonyl (C=O) groups excluding carboxylic acids is 3. The van der Waals surface area contributed by atoms with Crippen LogP contribution < -0.4 is 15.0 Å². The van der Waals surface area contributed by atoms with Crippen LogP contribution in [0.4, 0.5) is 11.4 Å². The zero-order chi connectivity index (χ0) is 31.8. The Hall–Kier alpha value is -4.42. The number of rotatable bonds is 12. The fourth-order valence-electron chi connectivity index (χ4n) is 5.20. The fraction of sp³-hybridized carbons (Fsp3) is 0.265. The quantitative estimate of drug-likeness (QED) is 0.127. The number of anilines is 2. The summed E-state index contributed by atoms with van der Waals surface area (Å²) in [6.07, 6.45) is 1.45. The summed E-state index contributed by atoms with van der Waals surface area (Å²) in [6.45, 7) is 2.63. The number of nitrogens with zero attached hydrogens (tertiary/aromatic N) is 2. The standard InChI is InChI=1S/C34H37N3O7S/c1-45(41,42)44-24-23-43-29-15-9-26(10-16-29)32(38)17-18-33(39)37-21-19-36(20-22-37)28-13-11-27(12-14-28)35-34(40)31-8-4-6-25-5-2-3-7-30(25)31/h2-16,41-42H,17-24H2,1H3,(H,35,40). The Kier molecular flexibility index (Phi) is 10.4. The number of ketones is 1. The monoisotopic (exact) mass is 631 g/mol. The molecule has 0 aliphatic carbocycles. The summed E-state index contributed by atoms with van der Waals surface area (Å²) in [5.41, 5.74) is 2.85. The van der Waals surface area contributed by atoms with Gasteiger partial charge in [-0.2, -0.15) is 0 Å². The Bertz CT molecular complexity index is 1630. The molecule has 0 spiro atoms. The molecule has 0 saturated carbocycles. The minimum Gasteiger partial charge on any atom is -0.491 e. The number of nitrogens with one attached hydrogen (secondary N) is 1. The number of piperazine rings is 1. The summed E-state index contributed by atoms with van der Waals surface area (Å²) in [7, 11) is -3.02. The third-order valence-corrected chi connectivity index (χ3v) is 8.17. The van der Waals surface area contributed by atoms with Crippen LogP contribution in [0.3, 0.4) is 0 Å². The van der Waals surface area contributed by atoms with Crippen molar-refractivity contribution in [1.29, 1.82) is 0 Å². The first-order chi connectivity index (χ1) is 21.7. The van der Waals surface area contributed by atoms with Gasteiger partial charge in [0.2, 0.25) is 5.91 Å². The van der Waals surface area contributed by atoms with Crippen molar-refractivity contribution < 1.29 is 32.4 Å². The van der Waals surface area contributed by atoms with Gasteiger partial charge in [-0.1, -0.05) is 36.4 Å². The van der Waals surface area contributed by atoms with Crippen LogP contribution in [0, 0.1) is 0 Å². The molecule has 10 nitrogen and oxygen atoms in total. The lowest BCUT2D eigenvalue weighted by Gasteiger charge is -2.36. The van der Waals surface area contributed by atoms with Gasteiger partial charge in [-0.3, -0.25) is 18.6 Å². The Morgan fingerprint density at radius 1 is 0.800 bits per heavy atom. The van der Waals surface area contributed by atoms with Crippen molar-refractivity contribution in [2.75, 3.05) is 55.9 Å². The molecule has 1 aliphatic rings. The average molecular weight is 632 g/mol. The van der Waals surface area contributed by atoms with Crippen molar-refractivity contribution in [2.45, 2.75) is 12.8 Å². The average Bonchev–Trinajstić information content (AvgIpc) is 3.05. The molecule has 5 rings (SSSR count). The van der Waals surface area contributed by atoms with E-state index < -0.39 is 10.9 Å². The summed E-state index contributed by atoms with van der Waals surface area (Å²) in [5, 5.41) is 4.92. The molecular formula is C34H37N3O7S. The zero-order valence-corrected chi connectivity index (χ0v) is 25.9. The maximum atomic E-state index is 13.0. The predicted octanol–water partition coefficient (Wildman–Crippen LogP) is 6.09. The number of ether oxygens (including phenoxy) is 1. The topological polar surface area (TPSA) is 129 Å². The first-order valence-electron chi connectivity index (χ1n) is 14.7. The molecule has 236 valence electrons. The number of hydrogen-bond donors (Lipinski definition) is 3. The SMILES string of the molecule is CS(O)(O)OCCOc1ccc(C(=O)CCC(=O)N2CCN(c3ccc(NC(=O)c4cccc5ccccc45)cc3)CC2)cc1. The maximum absolute atomic E-state index is 13.0. The second-order valence-corrected chi connectivity index (χ2v) is 12.5. The summed E-state index contributed by atoms with van der Waals surface area (Å²) in [5.74, 6) is 0.201. The number of carbonyl (C=O) groups is 3. The smallest absolute Gasteiger partial charge is 0.256 e. The van der Waals surface area contributed by atoms with Gasteiger partial charge in [-0.05, 0) is 65.4 Å². The van der Waals surface area contributed by atoms with E-state index in [2.05, 4.69) is 10.2 Å². The van der Waals surface area contributed by atoms with E-state index in [1.54, 1.807) is 29.2 Å². The van der Waals surface area contributed by atoms with Crippen LogP contribution >= 0.6 is 10.9 Å². The second kappa shape index (κ2) is 14.6. The van der Waals surface area contributed by atoms with Crippen LogP contribution in [0.5, 0.6) is 5.75 Å². The van der Waals surface area contributed by atoms with E-state index in [4.69, 9.17) is 8.92 Å². The third kappa shape index (κ3) is 8.83. The number of amides is 2. The lowest BCUT2D eigenvalue weighted by molar-refractivity contribution is -0.131. The Morgan fingerprint density at radius 3 is 2.20 bits per heavy atom. The molecule has 4 aromatic rings. The molecule has 45 heavy (non-hydrogen) atoms. The second-order valence-electron chi connectivity index (χ2n) is 10.8. The molecule has 1 saturated heterocycles. The highest BCUT2D eigenvalue weighted by molar-refractivity contribution is 8.19. The highest BCUT2D eigenvalue weighted by atomic mass is 32.3. The van der Waals surface area contributed by atoms with Crippen molar-refractivity contribution in [2.24, 2.45) is 0 Å². The van der Waals surface area contributed by atoms with Gasteiger partial charge in [0.1, 0.15) is 12.4 Å². The Morgan fingerprint density at radius 2 is 1.49 bits per heavy atom. The van der Waals surface area contributed by atoms with Gasteiger partial charge < -0.3 is 29.0 Å². The van der Waals surface area contributed by atoms with E-state index in [0.717, 1.165) is 16.5 Å². The van der Waals surface area contributed by atoms with E-state index in [9.17, 15) is 23.5 Å². The lowest BCUT2D eigenvalue weighted by atomic mass is 10.0. The Labute approximate surface area is 264 Å². The van der Waals surface area contributed by atoms with Gasteiger partial charge in [0.05, 0.1) is 17.5 Å². The molecule has 0 bridgehead atoms. The van der Waals surface area contributed by atoms with Gasteiger partial charge >= 0.3 is 0 Å². The molecule has 4 aromatic carbocycles. The minimum atomic E-state index is -3.02. The molecule has 3 N–H and O–H groups in total. The maximum Gasteiger partial charge on any atom is 0.256 e. The van der Waals surface area contributed by atoms with E-state index in [-0.39, 0.29) is 43.7 Å². The van der Waals surface area contributed by atoms with Crippen LogP contribution in [0.2, 0.25) is 0 Å². The molecule has 0 aromatic heterocycles. The lowest BCUT2D eigenvalue weighted by Crippen LogP contribution is -2.48. The summed E-state index contributed by atoms with van der Waals surface area (Å²) < 4.78 is 28.7. The van der Waals surface area contributed by atoms with Gasteiger partial charge in [0.25, 0.3) is 5.91 Å². The van der Waals surface area contributed by atoms with E-state index in [0.29, 0.717) is 48.7 Å². The molecule has 0 atom stereocenters. The van der Waals surface area contributed by atoms with Gasteiger partial charge in [-0.15, -0.1) is 0 Å². The number of Topliss-reactive ketones (excluding diaryl/α,β-unsaturated/α-hetero) is 1. The van der Waals surface area contributed by atoms with Crippen LogP contribution in [-0.2, 0) is 8.98 Å². The summed E-state index contributed by atoms with van der Waals surface area (Å²) >= 11 is 0. The summed E-state index contributed by atoms with van der Waals surface area (Å²) in [6, 6.07) is 27.8. The fourth-order valence-corrected chi connectivity index (χ4v) is 5.59. The van der Waals surface area contributed by atoms with Gasteiger partial charge in [0.15, 0.2) is 5.78 Å². The van der Waals surface area contributed by atoms with Crippen LogP contribution in [0.1, 0.15) is 33.6 Å². The number of benzene rings is 4. The van der Waals surface area contributed by atoms with E-state index >= 15 is 0 Å². The first-order valence-corrected chi connectivity index (χ1v) is 16.6. The third-order valence-electron chi connectivity index (χ3n) is 7.56. The molecule has 1 heterocycles. The largest absolute Gasteiger partial charge is 0.491 e. The van der Waals surface area contributed by atoms with Crippen LogP contribution in [0.15, 0.2) is 91.0 Å². The van der Waals surface area contributed by atoms with Crippen molar-refractivity contribution in [1.82, 2.24) is 4.90 Å². The molecule has 1 aliphatic heterocycles. The highest BCUT2D eigenvalue weighted by Gasteiger charge is 2.22. The Balaban J connectivity index is 1.04. The highest BCUT2D eigenvalue weighted by Crippen LogP contribution is 2.34. The first kappa shape index (κ1) is 32.0. The zero-order valence-electron chi connectivity index (χ0n) is 25.1.